The van der Waals surface area contributed by atoms with Gasteiger partial charge in [-0.2, -0.15) is 0 Å². The molecule has 6 nitrogen and oxygen atoms in total. The van der Waals surface area contributed by atoms with Gasteiger partial charge in [-0.1, -0.05) is 29.8 Å². The van der Waals surface area contributed by atoms with E-state index in [-0.39, 0.29) is 11.3 Å². The molecule has 1 saturated carbocycles. The number of rotatable bonds is 8. The van der Waals surface area contributed by atoms with Crippen LogP contribution in [0.2, 0.25) is 5.02 Å². The topological polar surface area (TPSA) is 74.8 Å². The molecule has 3 N–H and O–H groups in total. The molecule has 0 aromatic heterocycles. The van der Waals surface area contributed by atoms with Crippen LogP contribution < -0.4 is 20.7 Å². The standard InChI is InChI=1S/C22H27ClN4O2/c1-16(28)27-19-7-4-8-20(14-19)29-12-11-25-21(24-2)26-15-22(9-10-22)17-5-3-6-18(23)13-17/h3-8,13-14H,9-12,15H2,1-2H3,(H,27,28)(H2,24,25,26). The van der Waals surface area contributed by atoms with Crippen LogP contribution in [0.25, 0.3) is 0 Å². The molecule has 3 rings (SSSR count). The van der Waals surface area contributed by atoms with Crippen molar-refractivity contribution in [2.75, 3.05) is 32.1 Å². The van der Waals surface area contributed by atoms with Gasteiger partial charge in [0.2, 0.25) is 5.91 Å². The van der Waals surface area contributed by atoms with E-state index in [2.05, 4.69) is 33.1 Å². The van der Waals surface area contributed by atoms with Crippen molar-refractivity contribution in [3.05, 3.63) is 59.1 Å². The highest BCUT2D eigenvalue weighted by atomic mass is 35.5. The van der Waals surface area contributed by atoms with E-state index >= 15 is 0 Å². The SMILES string of the molecule is CN=C(NCCOc1cccc(NC(C)=O)c1)NCC1(c2cccc(Cl)c2)CC1. The minimum Gasteiger partial charge on any atom is -0.492 e. The molecule has 0 aliphatic heterocycles. The largest absolute Gasteiger partial charge is 0.492 e. The van der Waals surface area contributed by atoms with Crippen molar-refractivity contribution in [3.63, 3.8) is 0 Å². The zero-order chi connectivity index (χ0) is 20.7. The summed E-state index contributed by atoms with van der Waals surface area (Å²) in [5, 5.41) is 10.2. The first kappa shape index (κ1) is 21.0. The van der Waals surface area contributed by atoms with Crippen molar-refractivity contribution in [2.45, 2.75) is 25.2 Å². The number of carbonyl (C=O) groups excluding carboxylic acids is 1. The van der Waals surface area contributed by atoms with Crippen LogP contribution in [0, 0.1) is 0 Å². The van der Waals surface area contributed by atoms with Crippen LogP contribution in [-0.4, -0.2) is 38.6 Å². The number of aliphatic imine (C=N–C) groups is 1. The number of anilines is 1. The first-order valence-corrected chi connectivity index (χ1v) is 10.1. The number of ether oxygens (including phenoxy) is 1. The Balaban J connectivity index is 1.43. The molecule has 1 fully saturated rings. The van der Waals surface area contributed by atoms with Crippen LogP contribution in [0.1, 0.15) is 25.3 Å². The highest BCUT2D eigenvalue weighted by Gasteiger charge is 2.44. The number of guanidine groups is 1. The van der Waals surface area contributed by atoms with Crippen molar-refractivity contribution in [1.29, 1.82) is 0 Å². The molecule has 0 unspecified atom stereocenters. The van der Waals surface area contributed by atoms with Gasteiger partial charge in [0.05, 0.1) is 6.54 Å². The lowest BCUT2D eigenvalue weighted by atomic mass is 9.96. The Morgan fingerprint density at radius 2 is 1.97 bits per heavy atom. The first-order valence-electron chi connectivity index (χ1n) is 9.72. The van der Waals surface area contributed by atoms with Crippen molar-refractivity contribution in [3.8, 4) is 5.75 Å². The third-order valence-electron chi connectivity index (χ3n) is 4.93. The van der Waals surface area contributed by atoms with E-state index < -0.39 is 0 Å². The average Bonchev–Trinajstić information content (AvgIpc) is 3.48. The van der Waals surface area contributed by atoms with Crippen LogP contribution in [0.5, 0.6) is 5.75 Å². The number of hydrogen-bond acceptors (Lipinski definition) is 3. The molecular weight excluding hydrogens is 388 g/mol. The lowest BCUT2D eigenvalue weighted by Gasteiger charge is -2.19. The fourth-order valence-electron chi connectivity index (χ4n) is 3.22. The van der Waals surface area contributed by atoms with E-state index in [0.29, 0.717) is 18.9 Å². The van der Waals surface area contributed by atoms with Crippen molar-refractivity contribution in [1.82, 2.24) is 10.6 Å². The molecule has 0 atom stereocenters. The minimum absolute atomic E-state index is 0.107. The Labute approximate surface area is 176 Å². The maximum Gasteiger partial charge on any atom is 0.221 e. The van der Waals surface area contributed by atoms with Gasteiger partial charge in [0.15, 0.2) is 5.96 Å². The zero-order valence-corrected chi connectivity index (χ0v) is 17.6. The number of halogens is 1. The molecule has 7 heteroatoms. The van der Waals surface area contributed by atoms with E-state index in [4.69, 9.17) is 16.3 Å². The van der Waals surface area contributed by atoms with E-state index in [0.717, 1.165) is 36.1 Å². The normalized spacial score (nSPS) is 14.8. The lowest BCUT2D eigenvalue weighted by Crippen LogP contribution is -2.42. The van der Waals surface area contributed by atoms with Gasteiger partial charge >= 0.3 is 0 Å². The Morgan fingerprint density at radius 3 is 2.66 bits per heavy atom. The maximum atomic E-state index is 11.1. The third kappa shape index (κ3) is 6.12. The highest BCUT2D eigenvalue weighted by molar-refractivity contribution is 6.30. The molecule has 0 bridgehead atoms. The Morgan fingerprint density at radius 1 is 1.17 bits per heavy atom. The predicted molar refractivity (Wildman–Crippen MR) is 118 cm³/mol. The molecule has 154 valence electrons. The maximum absolute atomic E-state index is 11.1. The number of nitrogens with zero attached hydrogens (tertiary/aromatic N) is 1. The van der Waals surface area contributed by atoms with Crippen LogP contribution in [0.3, 0.4) is 0 Å². The Hall–Kier alpha value is -2.73. The summed E-state index contributed by atoms with van der Waals surface area (Å²) in [5.41, 5.74) is 2.13. The molecule has 2 aromatic carbocycles. The summed E-state index contributed by atoms with van der Waals surface area (Å²) in [7, 11) is 1.76. The quantitative estimate of drug-likeness (QED) is 0.350. The lowest BCUT2D eigenvalue weighted by molar-refractivity contribution is -0.114. The monoisotopic (exact) mass is 414 g/mol. The number of amides is 1. The molecule has 1 aliphatic rings. The van der Waals surface area contributed by atoms with Gasteiger partial charge in [-0.15, -0.1) is 0 Å². The Kier molecular flexibility index (Phi) is 6.99. The zero-order valence-electron chi connectivity index (χ0n) is 16.8. The summed E-state index contributed by atoms with van der Waals surface area (Å²) in [6, 6.07) is 15.4. The second kappa shape index (κ2) is 9.65. The van der Waals surface area contributed by atoms with Gasteiger partial charge in [0.1, 0.15) is 12.4 Å². The van der Waals surface area contributed by atoms with E-state index in [1.807, 2.05) is 30.3 Å². The van der Waals surface area contributed by atoms with Crippen molar-refractivity contribution < 1.29 is 9.53 Å². The van der Waals surface area contributed by atoms with Crippen LogP contribution in [0.4, 0.5) is 5.69 Å². The van der Waals surface area contributed by atoms with Gasteiger partial charge < -0.3 is 20.7 Å². The van der Waals surface area contributed by atoms with Gasteiger partial charge in [0.25, 0.3) is 0 Å². The van der Waals surface area contributed by atoms with Crippen LogP contribution >= 0.6 is 11.6 Å². The summed E-state index contributed by atoms with van der Waals surface area (Å²) in [6.07, 6.45) is 2.29. The van der Waals surface area contributed by atoms with Crippen LogP contribution in [-0.2, 0) is 10.2 Å². The molecule has 2 aromatic rings. The van der Waals surface area contributed by atoms with E-state index in [9.17, 15) is 4.79 Å². The number of carbonyl (C=O) groups is 1. The summed E-state index contributed by atoms with van der Waals surface area (Å²) in [6.45, 7) is 3.37. The fourth-order valence-corrected chi connectivity index (χ4v) is 3.41. The van der Waals surface area contributed by atoms with Crippen molar-refractivity contribution >= 4 is 29.2 Å². The molecule has 1 amide bonds. The predicted octanol–water partition coefficient (Wildman–Crippen LogP) is 3.57. The second-order valence-corrected chi connectivity index (χ2v) is 7.64. The van der Waals surface area contributed by atoms with Gasteiger partial charge in [-0.3, -0.25) is 9.79 Å². The number of hydrogen-bond donors (Lipinski definition) is 3. The van der Waals surface area contributed by atoms with Crippen LogP contribution in [0.15, 0.2) is 53.5 Å². The Bertz CT molecular complexity index is 881. The summed E-state index contributed by atoms with van der Waals surface area (Å²) < 4.78 is 5.75. The number of nitrogens with one attached hydrogen (secondary N) is 3. The molecule has 0 heterocycles. The average molecular weight is 415 g/mol. The third-order valence-corrected chi connectivity index (χ3v) is 5.16. The molecule has 29 heavy (non-hydrogen) atoms. The van der Waals surface area contributed by atoms with Crippen molar-refractivity contribution in [2.24, 2.45) is 4.99 Å². The molecular formula is C22H27ClN4O2. The smallest absolute Gasteiger partial charge is 0.221 e. The van der Waals surface area contributed by atoms with Gasteiger partial charge in [-0.05, 0) is 42.7 Å². The molecule has 1 aliphatic carbocycles. The molecule has 0 saturated heterocycles. The second-order valence-electron chi connectivity index (χ2n) is 7.20. The minimum atomic E-state index is -0.107. The first-order chi connectivity index (χ1) is 14.0. The molecule has 0 radical (unpaired) electrons. The number of benzene rings is 2. The fraction of sp³-hybridized carbons (Fsp3) is 0.364. The summed E-state index contributed by atoms with van der Waals surface area (Å²) >= 11 is 6.15. The van der Waals surface area contributed by atoms with Gasteiger partial charge in [-0.25, -0.2) is 0 Å². The summed E-state index contributed by atoms with van der Waals surface area (Å²) in [4.78, 5) is 15.4. The van der Waals surface area contributed by atoms with Gasteiger partial charge in [0, 0.05) is 42.7 Å². The van der Waals surface area contributed by atoms with E-state index in [1.165, 1.54) is 12.5 Å². The highest BCUT2D eigenvalue weighted by Crippen LogP contribution is 2.48. The van der Waals surface area contributed by atoms with E-state index in [1.54, 1.807) is 13.1 Å². The molecule has 0 spiro atoms. The summed E-state index contributed by atoms with van der Waals surface area (Å²) in [5.74, 6) is 1.35.